The van der Waals surface area contributed by atoms with Crippen LogP contribution in [0.1, 0.15) is 11.8 Å². The molecule has 8 heavy (non-hydrogen) atoms. The SMILES string of the molecule is CCc1ccc[s+]1C. The molecule has 0 aliphatic heterocycles. The third-order valence-electron chi connectivity index (χ3n) is 1.33. The number of hydrogen-bond donors (Lipinski definition) is 0. The fraction of sp³-hybridized carbons (Fsp3) is 0.429. The minimum atomic E-state index is 0.470. The smallest absolute Gasteiger partial charge is 0.0566 e. The molecule has 0 aromatic carbocycles. The van der Waals surface area contributed by atoms with Gasteiger partial charge in [-0.15, -0.1) is 0 Å². The van der Waals surface area contributed by atoms with Crippen molar-refractivity contribution >= 4 is 10.5 Å². The molecule has 44 valence electrons. The Kier molecular flexibility index (Phi) is 1.69. The van der Waals surface area contributed by atoms with Gasteiger partial charge in [-0.25, -0.2) is 0 Å². The summed E-state index contributed by atoms with van der Waals surface area (Å²) < 4.78 is 0. The zero-order chi connectivity index (χ0) is 5.98. The summed E-state index contributed by atoms with van der Waals surface area (Å²) in [6, 6.07) is 4.38. The first-order valence-corrected chi connectivity index (χ1v) is 4.56. The summed E-state index contributed by atoms with van der Waals surface area (Å²) in [6.07, 6.45) is 3.48. The first-order chi connectivity index (χ1) is 3.84. The van der Waals surface area contributed by atoms with Crippen LogP contribution in [0.2, 0.25) is 0 Å². The predicted octanol–water partition coefficient (Wildman–Crippen LogP) is 2.54. The normalized spacial score (nSPS) is 12.0. The Morgan fingerprint density at radius 3 is 2.62 bits per heavy atom. The van der Waals surface area contributed by atoms with Gasteiger partial charge in [-0.1, -0.05) is 6.92 Å². The Bertz CT molecular complexity index is 165. The summed E-state index contributed by atoms with van der Waals surface area (Å²) in [5, 5.41) is 2.26. The molecule has 1 rings (SSSR count). The van der Waals surface area contributed by atoms with Gasteiger partial charge in [-0.05, 0) is 22.6 Å². The molecule has 0 amide bonds. The molecule has 1 atom stereocenters. The van der Waals surface area contributed by atoms with Crippen molar-refractivity contribution in [2.75, 3.05) is 0 Å². The van der Waals surface area contributed by atoms with E-state index in [1.54, 1.807) is 4.88 Å². The average Bonchev–Trinajstić information content (AvgIpc) is 2.14. The summed E-state index contributed by atoms with van der Waals surface area (Å²) in [5.41, 5.74) is 0. The molecule has 0 nitrogen and oxygen atoms in total. The molecular weight excluding hydrogens is 116 g/mol. The van der Waals surface area contributed by atoms with Crippen molar-refractivity contribution in [2.24, 2.45) is 6.26 Å². The largest absolute Gasteiger partial charge is 0.149 e. The molecule has 0 saturated heterocycles. The predicted molar refractivity (Wildman–Crippen MR) is 39.3 cm³/mol. The molecule has 1 unspecified atom stereocenters. The molecule has 0 aliphatic rings. The Morgan fingerprint density at radius 2 is 2.38 bits per heavy atom. The first kappa shape index (κ1) is 5.83. The van der Waals surface area contributed by atoms with E-state index in [1.165, 1.54) is 6.42 Å². The third-order valence-corrected chi connectivity index (χ3v) is 3.14. The second-order valence-electron chi connectivity index (χ2n) is 1.87. The number of rotatable bonds is 1. The summed E-state index contributed by atoms with van der Waals surface area (Å²) >= 11 is 0. The molecule has 0 saturated carbocycles. The molecule has 1 heteroatoms. The lowest BCUT2D eigenvalue weighted by Crippen LogP contribution is -1.68. The maximum absolute atomic E-state index is 2.26. The molecule has 0 spiro atoms. The topological polar surface area (TPSA) is 0 Å². The summed E-state index contributed by atoms with van der Waals surface area (Å²) in [7, 11) is 0.470. The zero-order valence-corrected chi connectivity index (χ0v) is 6.16. The van der Waals surface area contributed by atoms with Crippen LogP contribution in [0.15, 0.2) is 17.5 Å². The molecule has 1 aromatic rings. The van der Waals surface area contributed by atoms with Crippen LogP contribution < -0.4 is 0 Å². The Labute approximate surface area is 53.1 Å². The number of thiophene rings is 1. The van der Waals surface area contributed by atoms with E-state index in [2.05, 4.69) is 30.7 Å². The zero-order valence-electron chi connectivity index (χ0n) is 5.35. The first-order valence-electron chi connectivity index (χ1n) is 2.86. The van der Waals surface area contributed by atoms with Gasteiger partial charge < -0.3 is 0 Å². The highest BCUT2D eigenvalue weighted by atomic mass is 32.2. The van der Waals surface area contributed by atoms with E-state index in [0.717, 1.165) is 0 Å². The van der Waals surface area contributed by atoms with Crippen LogP contribution in [-0.4, -0.2) is 0 Å². The van der Waals surface area contributed by atoms with Crippen LogP contribution in [0.3, 0.4) is 0 Å². The molecule has 0 N–H and O–H groups in total. The van der Waals surface area contributed by atoms with Gasteiger partial charge in [0.1, 0.15) is 16.5 Å². The minimum absolute atomic E-state index is 0.470. The summed E-state index contributed by atoms with van der Waals surface area (Å²) in [5.74, 6) is 0. The van der Waals surface area contributed by atoms with Gasteiger partial charge >= 0.3 is 0 Å². The molecule has 1 heterocycles. The molecule has 0 bridgehead atoms. The quantitative estimate of drug-likeness (QED) is 0.508. The van der Waals surface area contributed by atoms with Crippen molar-refractivity contribution in [2.45, 2.75) is 13.3 Å². The molecule has 0 fully saturated rings. The molecule has 0 radical (unpaired) electrons. The summed E-state index contributed by atoms with van der Waals surface area (Å²) in [4.78, 5) is 1.59. The maximum Gasteiger partial charge on any atom is 0.149 e. The van der Waals surface area contributed by atoms with E-state index in [-0.39, 0.29) is 0 Å². The molecule has 0 aliphatic carbocycles. The number of aryl methyl sites for hydroxylation is 2. The average molecular weight is 127 g/mol. The molecule has 1 aromatic heterocycles. The second kappa shape index (κ2) is 2.31. The summed E-state index contributed by atoms with van der Waals surface area (Å²) in [6.45, 7) is 2.21. The van der Waals surface area contributed by atoms with E-state index in [1.807, 2.05) is 0 Å². The van der Waals surface area contributed by atoms with Crippen molar-refractivity contribution in [1.82, 2.24) is 0 Å². The Hall–Kier alpha value is -0.300. The van der Waals surface area contributed by atoms with Gasteiger partial charge in [-0.2, -0.15) is 0 Å². The highest BCUT2D eigenvalue weighted by Gasteiger charge is 2.01. The highest BCUT2D eigenvalue weighted by molar-refractivity contribution is 7.28. The van der Waals surface area contributed by atoms with E-state index < -0.39 is 0 Å². The van der Waals surface area contributed by atoms with Gasteiger partial charge in [0.25, 0.3) is 0 Å². The van der Waals surface area contributed by atoms with Crippen LogP contribution in [-0.2, 0) is 12.7 Å². The van der Waals surface area contributed by atoms with Gasteiger partial charge in [0.2, 0.25) is 0 Å². The third kappa shape index (κ3) is 0.920. The lowest BCUT2D eigenvalue weighted by atomic mass is 10.4. The fourth-order valence-electron chi connectivity index (χ4n) is 0.805. The van der Waals surface area contributed by atoms with Crippen LogP contribution in [0, 0.1) is 0 Å². The Morgan fingerprint density at radius 1 is 1.62 bits per heavy atom. The van der Waals surface area contributed by atoms with Crippen molar-refractivity contribution < 1.29 is 0 Å². The minimum Gasteiger partial charge on any atom is -0.0566 e. The lowest BCUT2D eigenvalue weighted by Gasteiger charge is -1.79. The van der Waals surface area contributed by atoms with E-state index in [4.69, 9.17) is 0 Å². The van der Waals surface area contributed by atoms with Crippen LogP contribution in [0.5, 0.6) is 0 Å². The van der Waals surface area contributed by atoms with E-state index in [9.17, 15) is 0 Å². The van der Waals surface area contributed by atoms with Gasteiger partial charge in [0.15, 0.2) is 0 Å². The van der Waals surface area contributed by atoms with Crippen LogP contribution >= 0.6 is 10.5 Å². The van der Waals surface area contributed by atoms with Crippen molar-refractivity contribution in [1.29, 1.82) is 0 Å². The fourth-order valence-corrected chi connectivity index (χ4v) is 2.04. The van der Waals surface area contributed by atoms with Gasteiger partial charge in [0, 0.05) is 6.42 Å². The van der Waals surface area contributed by atoms with Gasteiger partial charge in [-0.3, -0.25) is 0 Å². The van der Waals surface area contributed by atoms with Gasteiger partial charge in [0.05, 0.1) is 0 Å². The van der Waals surface area contributed by atoms with E-state index in [0.29, 0.717) is 10.5 Å². The number of hydrogen-bond acceptors (Lipinski definition) is 0. The van der Waals surface area contributed by atoms with Crippen molar-refractivity contribution in [3.63, 3.8) is 0 Å². The van der Waals surface area contributed by atoms with Crippen molar-refractivity contribution in [3.8, 4) is 0 Å². The van der Waals surface area contributed by atoms with Crippen molar-refractivity contribution in [3.05, 3.63) is 22.4 Å². The molecular formula is C7H11S+. The Balaban J connectivity index is 2.92. The van der Waals surface area contributed by atoms with Crippen LogP contribution in [0.4, 0.5) is 0 Å². The van der Waals surface area contributed by atoms with Crippen LogP contribution in [0.25, 0.3) is 0 Å². The maximum atomic E-state index is 2.26. The van der Waals surface area contributed by atoms with E-state index >= 15 is 0 Å². The second-order valence-corrected chi connectivity index (χ2v) is 3.78. The monoisotopic (exact) mass is 127 g/mol. The highest BCUT2D eigenvalue weighted by Crippen LogP contribution is 2.20. The lowest BCUT2D eigenvalue weighted by molar-refractivity contribution is 1.18. The standard InChI is InChI=1S/C7H11S/c1-3-7-5-4-6-8(7)2/h4-6H,3H2,1-2H3/q+1.